The Bertz CT molecular complexity index is 908. The van der Waals surface area contributed by atoms with Crippen LogP contribution in [-0.4, -0.2) is 42.3 Å². The van der Waals surface area contributed by atoms with Gasteiger partial charge in [0.2, 0.25) is 0 Å². The number of rotatable bonds is 3. The molecule has 2 aromatic carbocycles. The van der Waals surface area contributed by atoms with E-state index in [2.05, 4.69) is 42.4 Å². The summed E-state index contributed by atoms with van der Waals surface area (Å²) in [5.41, 5.74) is 4.04. The van der Waals surface area contributed by atoms with Crippen LogP contribution < -0.4 is 5.32 Å². The molecule has 2 atom stereocenters. The van der Waals surface area contributed by atoms with Gasteiger partial charge in [-0.2, -0.15) is 0 Å². The van der Waals surface area contributed by atoms with E-state index >= 15 is 0 Å². The Morgan fingerprint density at radius 2 is 2.00 bits per heavy atom. The maximum absolute atomic E-state index is 12.8. The first-order chi connectivity index (χ1) is 13.8. The van der Waals surface area contributed by atoms with Crippen molar-refractivity contribution < 1.29 is 9.53 Å². The number of hydrogen-bond donors (Lipinski definition) is 1. The minimum Gasteiger partial charge on any atom is -0.444 e. The molecule has 4 heteroatoms. The SMILES string of the molecule is C#CC(c1cccc(-c2ccccc2C)c1)C1CNCCN1C(=O)OC(C)(C)C. The Morgan fingerprint density at radius 1 is 1.24 bits per heavy atom. The van der Waals surface area contributed by atoms with Crippen LogP contribution in [0.3, 0.4) is 0 Å². The summed E-state index contributed by atoms with van der Waals surface area (Å²) in [5, 5.41) is 3.38. The Balaban J connectivity index is 1.92. The number of benzene rings is 2. The van der Waals surface area contributed by atoms with Crippen LogP contribution in [0.2, 0.25) is 0 Å². The summed E-state index contributed by atoms with van der Waals surface area (Å²) in [6, 6.07) is 16.5. The number of piperazine rings is 1. The summed E-state index contributed by atoms with van der Waals surface area (Å²) in [5.74, 6) is 2.72. The van der Waals surface area contributed by atoms with Crippen molar-refractivity contribution in [2.24, 2.45) is 0 Å². The van der Waals surface area contributed by atoms with Gasteiger partial charge in [0.25, 0.3) is 0 Å². The molecule has 2 aromatic rings. The molecule has 1 aliphatic rings. The number of ether oxygens (including phenoxy) is 1. The van der Waals surface area contributed by atoms with Crippen LogP contribution in [0.25, 0.3) is 11.1 Å². The second-order valence-electron chi connectivity index (χ2n) is 8.53. The first kappa shape index (κ1) is 21.0. The third-order valence-corrected chi connectivity index (χ3v) is 5.18. The standard InChI is InChI=1S/C25H30N2O2/c1-6-21(23-17-26-14-15-27(23)24(28)29-25(3,4)5)19-11-9-12-20(16-19)22-13-8-7-10-18(22)2/h1,7-13,16,21,23,26H,14-15,17H2,2-5H3. The van der Waals surface area contributed by atoms with Crippen molar-refractivity contribution in [3.8, 4) is 23.5 Å². The van der Waals surface area contributed by atoms with E-state index in [0.717, 1.165) is 17.7 Å². The van der Waals surface area contributed by atoms with Gasteiger partial charge in [-0.1, -0.05) is 48.4 Å². The quantitative estimate of drug-likeness (QED) is 0.780. The normalized spacial score (nSPS) is 18.0. The van der Waals surface area contributed by atoms with Gasteiger partial charge < -0.3 is 15.0 Å². The third-order valence-electron chi connectivity index (χ3n) is 5.18. The minimum absolute atomic E-state index is 0.157. The minimum atomic E-state index is -0.539. The van der Waals surface area contributed by atoms with Crippen molar-refractivity contribution in [2.45, 2.75) is 45.3 Å². The number of hydrogen-bond acceptors (Lipinski definition) is 3. The summed E-state index contributed by atoms with van der Waals surface area (Å²) in [6.07, 6.45) is 5.68. The number of carbonyl (C=O) groups excluding carboxylic acids is 1. The predicted octanol–water partition coefficient (Wildman–Crippen LogP) is 4.59. The maximum atomic E-state index is 12.8. The molecule has 1 N–H and O–H groups in total. The zero-order valence-electron chi connectivity index (χ0n) is 17.7. The van der Waals surface area contributed by atoms with E-state index in [0.29, 0.717) is 13.1 Å². The van der Waals surface area contributed by atoms with Gasteiger partial charge in [0.15, 0.2) is 0 Å². The fourth-order valence-corrected chi connectivity index (χ4v) is 3.80. The summed E-state index contributed by atoms with van der Waals surface area (Å²) >= 11 is 0. The highest BCUT2D eigenvalue weighted by Gasteiger charge is 2.35. The third kappa shape index (κ3) is 4.99. The van der Waals surface area contributed by atoms with Crippen LogP contribution in [-0.2, 0) is 4.74 Å². The average molecular weight is 391 g/mol. The molecule has 1 fully saturated rings. The topological polar surface area (TPSA) is 41.6 Å². The van der Waals surface area contributed by atoms with Crippen LogP contribution >= 0.6 is 0 Å². The molecular weight excluding hydrogens is 360 g/mol. The number of nitrogens with one attached hydrogen (secondary N) is 1. The number of nitrogens with zero attached hydrogens (tertiary/aromatic N) is 1. The zero-order valence-corrected chi connectivity index (χ0v) is 17.7. The van der Waals surface area contributed by atoms with Crippen molar-refractivity contribution in [2.75, 3.05) is 19.6 Å². The van der Waals surface area contributed by atoms with Crippen LogP contribution in [0, 0.1) is 19.3 Å². The van der Waals surface area contributed by atoms with Gasteiger partial charge in [-0.3, -0.25) is 0 Å². The van der Waals surface area contributed by atoms with E-state index in [4.69, 9.17) is 11.2 Å². The Labute approximate surface area is 174 Å². The molecule has 2 unspecified atom stereocenters. The van der Waals surface area contributed by atoms with E-state index in [1.54, 1.807) is 4.90 Å². The Morgan fingerprint density at radius 3 is 2.69 bits per heavy atom. The van der Waals surface area contributed by atoms with Crippen LogP contribution in [0.4, 0.5) is 4.79 Å². The lowest BCUT2D eigenvalue weighted by atomic mass is 9.88. The van der Waals surface area contributed by atoms with E-state index < -0.39 is 5.60 Å². The highest BCUT2D eigenvalue weighted by atomic mass is 16.6. The summed E-state index contributed by atoms with van der Waals surface area (Å²) in [7, 11) is 0. The second-order valence-corrected chi connectivity index (χ2v) is 8.53. The van der Waals surface area contributed by atoms with Crippen molar-refractivity contribution >= 4 is 6.09 Å². The van der Waals surface area contributed by atoms with E-state index in [1.807, 2.05) is 45.0 Å². The van der Waals surface area contributed by atoms with Gasteiger partial charge in [0.1, 0.15) is 5.60 Å². The molecule has 0 saturated carbocycles. The molecule has 152 valence electrons. The molecule has 29 heavy (non-hydrogen) atoms. The smallest absolute Gasteiger partial charge is 0.410 e. The lowest BCUT2D eigenvalue weighted by Gasteiger charge is -2.39. The van der Waals surface area contributed by atoms with Crippen LogP contribution in [0.15, 0.2) is 48.5 Å². The maximum Gasteiger partial charge on any atom is 0.410 e. The number of terminal acetylenes is 1. The second kappa shape index (κ2) is 8.71. The van der Waals surface area contributed by atoms with E-state index in [1.165, 1.54) is 11.1 Å². The summed E-state index contributed by atoms with van der Waals surface area (Å²) < 4.78 is 5.64. The number of aryl methyl sites for hydroxylation is 1. The molecule has 1 saturated heterocycles. The Kier molecular flexibility index (Phi) is 6.30. The summed E-state index contributed by atoms with van der Waals surface area (Å²) in [4.78, 5) is 14.6. The zero-order chi connectivity index (χ0) is 21.0. The van der Waals surface area contributed by atoms with Crippen LogP contribution in [0.5, 0.6) is 0 Å². The molecule has 1 amide bonds. The van der Waals surface area contributed by atoms with E-state index in [9.17, 15) is 4.79 Å². The Hall–Kier alpha value is -2.77. The van der Waals surface area contributed by atoms with Crippen molar-refractivity contribution in [1.82, 2.24) is 10.2 Å². The molecule has 1 heterocycles. The van der Waals surface area contributed by atoms with Gasteiger partial charge >= 0.3 is 6.09 Å². The molecule has 0 spiro atoms. The van der Waals surface area contributed by atoms with Gasteiger partial charge in [0, 0.05) is 19.6 Å². The molecule has 3 rings (SSSR count). The number of amides is 1. The lowest BCUT2D eigenvalue weighted by Crippen LogP contribution is -2.56. The average Bonchev–Trinajstić information content (AvgIpc) is 2.68. The molecular formula is C25H30N2O2. The van der Waals surface area contributed by atoms with Crippen LogP contribution in [0.1, 0.15) is 37.8 Å². The molecule has 0 radical (unpaired) electrons. The highest BCUT2D eigenvalue weighted by molar-refractivity contribution is 5.70. The van der Waals surface area contributed by atoms with Crippen molar-refractivity contribution in [3.63, 3.8) is 0 Å². The fraction of sp³-hybridized carbons (Fsp3) is 0.400. The van der Waals surface area contributed by atoms with Gasteiger partial charge in [-0.15, -0.1) is 6.42 Å². The summed E-state index contributed by atoms with van der Waals surface area (Å²) in [6.45, 7) is 9.70. The molecule has 0 aromatic heterocycles. The largest absolute Gasteiger partial charge is 0.444 e. The monoisotopic (exact) mass is 390 g/mol. The van der Waals surface area contributed by atoms with Gasteiger partial charge in [-0.25, -0.2) is 4.79 Å². The number of carbonyl (C=O) groups is 1. The molecule has 0 bridgehead atoms. The first-order valence-corrected chi connectivity index (χ1v) is 10.1. The first-order valence-electron chi connectivity index (χ1n) is 10.1. The lowest BCUT2D eigenvalue weighted by molar-refractivity contribution is 0.0108. The van der Waals surface area contributed by atoms with Gasteiger partial charge in [-0.05, 0) is 56.0 Å². The van der Waals surface area contributed by atoms with Crippen molar-refractivity contribution in [1.29, 1.82) is 0 Å². The van der Waals surface area contributed by atoms with Crippen molar-refractivity contribution in [3.05, 3.63) is 59.7 Å². The predicted molar refractivity (Wildman–Crippen MR) is 118 cm³/mol. The highest BCUT2D eigenvalue weighted by Crippen LogP contribution is 2.30. The molecule has 0 aliphatic carbocycles. The fourth-order valence-electron chi connectivity index (χ4n) is 3.80. The molecule has 4 nitrogen and oxygen atoms in total. The van der Waals surface area contributed by atoms with E-state index in [-0.39, 0.29) is 18.1 Å². The van der Waals surface area contributed by atoms with Gasteiger partial charge in [0.05, 0.1) is 12.0 Å². The molecule has 1 aliphatic heterocycles.